The number of hydrogen-bond acceptors (Lipinski definition) is 3. The highest BCUT2D eigenvalue weighted by Gasteiger charge is 2.38. The normalized spacial score (nSPS) is 21.7. The van der Waals surface area contributed by atoms with Crippen LogP contribution in [-0.2, 0) is 0 Å². The van der Waals surface area contributed by atoms with E-state index in [-0.39, 0.29) is 17.5 Å². The molecule has 0 spiro atoms. The van der Waals surface area contributed by atoms with E-state index >= 15 is 0 Å². The topological polar surface area (TPSA) is 56.4 Å². The maximum Gasteiger partial charge on any atom is 0.255 e. The molecule has 1 saturated carbocycles. The van der Waals surface area contributed by atoms with Gasteiger partial charge in [-0.2, -0.15) is 0 Å². The molecule has 1 aromatic heterocycles. The molecular weight excluding hydrogens is 302 g/mol. The summed E-state index contributed by atoms with van der Waals surface area (Å²) in [6.45, 7) is 2.51. The van der Waals surface area contributed by atoms with Crippen LogP contribution in [0.25, 0.3) is 0 Å². The lowest BCUT2D eigenvalue weighted by molar-refractivity contribution is 0.0432. The fraction of sp³-hybridized carbons (Fsp3) is 0.368. The largest absolute Gasteiger partial charge is 0.329 e. The lowest BCUT2D eigenvalue weighted by atomic mass is 10.0. The Labute approximate surface area is 140 Å². The lowest BCUT2D eigenvalue weighted by Gasteiger charge is -2.42. The summed E-state index contributed by atoms with van der Waals surface area (Å²) in [5.41, 5.74) is 1.51. The summed E-state index contributed by atoms with van der Waals surface area (Å²) in [7, 11) is 0. The third-order valence-corrected chi connectivity index (χ3v) is 4.95. The number of pyridine rings is 1. The summed E-state index contributed by atoms with van der Waals surface area (Å²) >= 11 is 0. The molecule has 124 valence electrons. The van der Waals surface area contributed by atoms with Crippen LogP contribution < -0.4 is 5.56 Å². The number of carbonyl (C=O) groups excluding carboxylic acids is 1. The molecular formula is C19H21N3O2. The number of aromatic nitrogens is 1. The van der Waals surface area contributed by atoms with Crippen molar-refractivity contribution in [1.82, 2.24) is 14.8 Å². The smallest absolute Gasteiger partial charge is 0.255 e. The number of carbonyl (C=O) groups is 1. The Morgan fingerprint density at radius 1 is 1.04 bits per heavy atom. The number of benzene rings is 1. The van der Waals surface area contributed by atoms with Gasteiger partial charge in [0.1, 0.15) is 0 Å². The molecule has 1 aromatic carbocycles. The molecule has 4 rings (SSSR count). The van der Waals surface area contributed by atoms with Crippen LogP contribution in [0, 0.1) is 0 Å². The van der Waals surface area contributed by atoms with E-state index in [0.29, 0.717) is 18.2 Å². The van der Waals surface area contributed by atoms with Gasteiger partial charge >= 0.3 is 0 Å². The number of nitrogens with zero attached hydrogens (tertiary/aromatic N) is 2. The number of piperazine rings is 1. The van der Waals surface area contributed by atoms with Crippen LogP contribution in [0.15, 0.2) is 53.5 Å². The predicted octanol–water partition coefficient (Wildman–Crippen LogP) is 2.04. The molecule has 1 aliphatic carbocycles. The molecule has 1 amide bonds. The van der Waals surface area contributed by atoms with Gasteiger partial charge in [0.15, 0.2) is 0 Å². The summed E-state index contributed by atoms with van der Waals surface area (Å²) in [6.07, 6.45) is 4.06. The summed E-state index contributed by atoms with van der Waals surface area (Å²) in [5, 5.41) is 0. The molecule has 2 aliphatic rings. The standard InChI is InChI=1S/C19H21N3O2/c23-18-9-6-15(12-20-18)19(24)22-11-10-21(16-7-8-16)13-17(22)14-4-2-1-3-5-14/h1-6,9,12,16-17H,7-8,10-11,13H2,(H,20,23). The Morgan fingerprint density at radius 3 is 2.50 bits per heavy atom. The molecule has 1 atom stereocenters. The van der Waals surface area contributed by atoms with E-state index in [9.17, 15) is 9.59 Å². The van der Waals surface area contributed by atoms with E-state index in [1.807, 2.05) is 23.1 Å². The Morgan fingerprint density at radius 2 is 1.83 bits per heavy atom. The van der Waals surface area contributed by atoms with Crippen molar-refractivity contribution in [3.05, 3.63) is 70.1 Å². The molecule has 1 unspecified atom stereocenters. The van der Waals surface area contributed by atoms with Crippen molar-refractivity contribution in [2.45, 2.75) is 24.9 Å². The first-order chi connectivity index (χ1) is 11.7. The zero-order chi connectivity index (χ0) is 16.5. The SMILES string of the molecule is O=C(c1ccc(=O)[nH]c1)N1CCN(C2CC2)CC1c1ccccc1. The number of nitrogens with one attached hydrogen (secondary N) is 1. The van der Waals surface area contributed by atoms with Crippen molar-refractivity contribution in [3.8, 4) is 0 Å². The number of aromatic amines is 1. The quantitative estimate of drug-likeness (QED) is 0.940. The summed E-state index contributed by atoms with van der Waals surface area (Å²) in [6, 6.07) is 14.0. The Hall–Kier alpha value is -2.40. The number of rotatable bonds is 3. The number of amides is 1. The highest BCUT2D eigenvalue weighted by molar-refractivity contribution is 5.94. The first-order valence-corrected chi connectivity index (χ1v) is 8.51. The van der Waals surface area contributed by atoms with Gasteiger partial charge in [-0.05, 0) is 24.5 Å². The fourth-order valence-electron chi connectivity index (χ4n) is 3.49. The Balaban J connectivity index is 1.62. The summed E-state index contributed by atoms with van der Waals surface area (Å²) < 4.78 is 0. The first-order valence-electron chi connectivity index (χ1n) is 8.51. The van der Waals surface area contributed by atoms with Crippen molar-refractivity contribution < 1.29 is 4.79 Å². The molecule has 0 radical (unpaired) electrons. The van der Waals surface area contributed by atoms with Crippen LogP contribution in [0.2, 0.25) is 0 Å². The van der Waals surface area contributed by atoms with Gasteiger partial charge in [-0.1, -0.05) is 30.3 Å². The van der Waals surface area contributed by atoms with E-state index in [0.717, 1.165) is 13.1 Å². The van der Waals surface area contributed by atoms with Gasteiger partial charge in [0.2, 0.25) is 5.56 Å². The van der Waals surface area contributed by atoms with Gasteiger partial charge in [0, 0.05) is 37.9 Å². The third-order valence-electron chi connectivity index (χ3n) is 4.95. The highest BCUT2D eigenvalue weighted by Crippen LogP contribution is 2.34. The van der Waals surface area contributed by atoms with Gasteiger partial charge < -0.3 is 9.88 Å². The highest BCUT2D eigenvalue weighted by atomic mass is 16.2. The predicted molar refractivity (Wildman–Crippen MR) is 91.9 cm³/mol. The minimum atomic E-state index is -0.190. The van der Waals surface area contributed by atoms with Crippen LogP contribution in [0.5, 0.6) is 0 Å². The number of H-pyrrole nitrogens is 1. The fourth-order valence-corrected chi connectivity index (χ4v) is 3.49. The molecule has 5 nitrogen and oxygen atoms in total. The van der Waals surface area contributed by atoms with Gasteiger partial charge in [-0.3, -0.25) is 14.5 Å². The van der Waals surface area contributed by atoms with Crippen molar-refractivity contribution in [2.24, 2.45) is 0 Å². The van der Waals surface area contributed by atoms with Gasteiger partial charge in [-0.15, -0.1) is 0 Å². The third kappa shape index (κ3) is 2.99. The van der Waals surface area contributed by atoms with E-state index < -0.39 is 0 Å². The number of hydrogen-bond donors (Lipinski definition) is 1. The van der Waals surface area contributed by atoms with Crippen LogP contribution in [-0.4, -0.2) is 46.4 Å². The van der Waals surface area contributed by atoms with Crippen LogP contribution in [0.3, 0.4) is 0 Å². The molecule has 2 aromatic rings. The van der Waals surface area contributed by atoms with Crippen molar-refractivity contribution in [2.75, 3.05) is 19.6 Å². The molecule has 1 saturated heterocycles. The maximum absolute atomic E-state index is 13.0. The second-order valence-corrected chi connectivity index (χ2v) is 6.59. The molecule has 2 heterocycles. The van der Waals surface area contributed by atoms with Gasteiger partial charge in [0.05, 0.1) is 11.6 Å². The molecule has 5 heteroatoms. The van der Waals surface area contributed by atoms with Crippen LogP contribution in [0.1, 0.15) is 34.8 Å². The van der Waals surface area contributed by atoms with Gasteiger partial charge in [0.25, 0.3) is 5.91 Å². The second kappa shape index (κ2) is 6.24. The van der Waals surface area contributed by atoms with E-state index in [1.54, 1.807) is 6.07 Å². The van der Waals surface area contributed by atoms with E-state index in [2.05, 4.69) is 22.0 Å². The summed E-state index contributed by atoms with van der Waals surface area (Å²) in [5.74, 6) is -0.0180. The van der Waals surface area contributed by atoms with Gasteiger partial charge in [-0.25, -0.2) is 0 Å². The molecule has 24 heavy (non-hydrogen) atoms. The van der Waals surface area contributed by atoms with E-state index in [4.69, 9.17) is 0 Å². The Kier molecular flexibility index (Phi) is 3.94. The monoisotopic (exact) mass is 323 g/mol. The lowest BCUT2D eigenvalue weighted by Crippen LogP contribution is -2.51. The molecule has 1 N–H and O–H groups in total. The Bertz CT molecular complexity index is 762. The zero-order valence-electron chi connectivity index (χ0n) is 13.5. The molecule has 0 bridgehead atoms. The minimum Gasteiger partial charge on any atom is -0.329 e. The minimum absolute atomic E-state index is 0.0180. The molecule has 2 fully saturated rings. The first kappa shape index (κ1) is 15.1. The summed E-state index contributed by atoms with van der Waals surface area (Å²) in [4.78, 5) is 31.3. The molecule has 1 aliphatic heterocycles. The zero-order valence-corrected chi connectivity index (χ0v) is 13.5. The maximum atomic E-state index is 13.0. The second-order valence-electron chi connectivity index (χ2n) is 6.59. The van der Waals surface area contributed by atoms with Crippen LogP contribution >= 0.6 is 0 Å². The average molecular weight is 323 g/mol. The van der Waals surface area contributed by atoms with Crippen molar-refractivity contribution in [3.63, 3.8) is 0 Å². The van der Waals surface area contributed by atoms with Crippen LogP contribution in [0.4, 0.5) is 0 Å². The average Bonchev–Trinajstić information content (AvgIpc) is 3.47. The van der Waals surface area contributed by atoms with E-state index in [1.165, 1.54) is 30.7 Å². The van der Waals surface area contributed by atoms with Crippen molar-refractivity contribution >= 4 is 5.91 Å². The van der Waals surface area contributed by atoms with Crippen molar-refractivity contribution in [1.29, 1.82) is 0 Å².